The van der Waals surface area contributed by atoms with Crippen molar-refractivity contribution in [3.05, 3.63) is 35.9 Å². The molecule has 0 aliphatic carbocycles. The van der Waals surface area contributed by atoms with Crippen molar-refractivity contribution in [3.8, 4) is 0 Å². The lowest BCUT2D eigenvalue weighted by atomic mass is 10.1. The van der Waals surface area contributed by atoms with E-state index in [1.165, 1.54) is 5.56 Å². The standard InChI is InChI=1S/C15H20N2O2/c1-17(15(19)13-10-14(18)16-11-13)9-5-8-12-6-3-2-4-7-12/h2-4,6-7,13H,5,8-11H2,1H3,(H,16,18). The van der Waals surface area contributed by atoms with Crippen LogP contribution in [-0.4, -0.2) is 36.9 Å². The summed E-state index contributed by atoms with van der Waals surface area (Å²) in [4.78, 5) is 24.9. The SMILES string of the molecule is CN(CCCc1ccccc1)C(=O)C1CNC(=O)C1. The van der Waals surface area contributed by atoms with E-state index < -0.39 is 0 Å². The number of nitrogens with zero attached hydrogens (tertiary/aromatic N) is 1. The number of rotatable bonds is 5. The zero-order chi connectivity index (χ0) is 13.7. The van der Waals surface area contributed by atoms with Crippen LogP contribution in [0.15, 0.2) is 30.3 Å². The van der Waals surface area contributed by atoms with Crippen LogP contribution in [0.3, 0.4) is 0 Å². The van der Waals surface area contributed by atoms with Gasteiger partial charge in [0, 0.05) is 26.6 Å². The van der Waals surface area contributed by atoms with Gasteiger partial charge in [-0.05, 0) is 18.4 Å². The molecule has 0 spiro atoms. The van der Waals surface area contributed by atoms with Gasteiger partial charge in [-0.1, -0.05) is 30.3 Å². The minimum atomic E-state index is -0.172. The van der Waals surface area contributed by atoms with Crippen LogP contribution in [0.2, 0.25) is 0 Å². The van der Waals surface area contributed by atoms with Gasteiger partial charge in [0.15, 0.2) is 0 Å². The maximum atomic E-state index is 12.1. The second kappa shape index (κ2) is 6.36. The first-order chi connectivity index (χ1) is 9.16. The summed E-state index contributed by atoms with van der Waals surface area (Å²) < 4.78 is 0. The number of hydrogen-bond donors (Lipinski definition) is 1. The van der Waals surface area contributed by atoms with Gasteiger partial charge in [0.05, 0.1) is 5.92 Å². The third-order valence-corrected chi connectivity index (χ3v) is 3.50. The largest absolute Gasteiger partial charge is 0.355 e. The summed E-state index contributed by atoms with van der Waals surface area (Å²) >= 11 is 0. The maximum absolute atomic E-state index is 12.1. The molecule has 102 valence electrons. The second-order valence-electron chi connectivity index (χ2n) is 5.05. The highest BCUT2D eigenvalue weighted by Crippen LogP contribution is 2.12. The molecule has 4 nitrogen and oxygen atoms in total. The van der Waals surface area contributed by atoms with E-state index in [1.54, 1.807) is 4.90 Å². The van der Waals surface area contributed by atoms with Crippen molar-refractivity contribution < 1.29 is 9.59 Å². The number of nitrogens with one attached hydrogen (secondary N) is 1. The summed E-state index contributed by atoms with van der Waals surface area (Å²) in [5.74, 6) is -0.114. The van der Waals surface area contributed by atoms with Gasteiger partial charge in [0.1, 0.15) is 0 Å². The monoisotopic (exact) mass is 260 g/mol. The Labute approximate surface area is 113 Å². The molecule has 4 heteroatoms. The molecule has 1 aromatic rings. The minimum Gasteiger partial charge on any atom is -0.355 e. The molecule has 1 aliphatic heterocycles. The van der Waals surface area contributed by atoms with E-state index in [-0.39, 0.29) is 17.7 Å². The Kier molecular flexibility index (Phi) is 4.55. The third kappa shape index (κ3) is 3.81. The smallest absolute Gasteiger partial charge is 0.227 e. The molecule has 19 heavy (non-hydrogen) atoms. The van der Waals surface area contributed by atoms with Crippen LogP contribution in [-0.2, 0) is 16.0 Å². The van der Waals surface area contributed by atoms with E-state index in [2.05, 4.69) is 17.4 Å². The number of benzene rings is 1. The molecule has 0 bridgehead atoms. The number of aryl methyl sites for hydroxylation is 1. The van der Waals surface area contributed by atoms with Crippen LogP contribution in [0.4, 0.5) is 0 Å². The Morgan fingerprint density at radius 3 is 2.74 bits per heavy atom. The predicted molar refractivity (Wildman–Crippen MR) is 73.5 cm³/mol. The topological polar surface area (TPSA) is 49.4 Å². The Balaban J connectivity index is 1.73. The summed E-state index contributed by atoms with van der Waals surface area (Å²) in [6.45, 7) is 1.22. The number of amides is 2. The summed E-state index contributed by atoms with van der Waals surface area (Å²) in [7, 11) is 1.82. The van der Waals surface area contributed by atoms with E-state index in [4.69, 9.17) is 0 Å². The first-order valence-electron chi connectivity index (χ1n) is 6.72. The number of carbonyl (C=O) groups excluding carboxylic acids is 2. The minimum absolute atomic E-state index is 0.0176. The lowest BCUT2D eigenvalue weighted by Gasteiger charge is -2.20. The maximum Gasteiger partial charge on any atom is 0.227 e. The molecule has 1 saturated heterocycles. The number of carbonyl (C=O) groups is 2. The molecule has 0 saturated carbocycles. The zero-order valence-corrected chi connectivity index (χ0v) is 11.3. The summed E-state index contributed by atoms with van der Waals surface area (Å²) in [6, 6.07) is 10.3. The van der Waals surface area contributed by atoms with Crippen LogP contribution in [0.5, 0.6) is 0 Å². The summed E-state index contributed by atoms with van der Waals surface area (Å²) in [6.07, 6.45) is 2.25. The molecule has 2 rings (SSSR count). The van der Waals surface area contributed by atoms with Gasteiger partial charge < -0.3 is 10.2 Å². The van der Waals surface area contributed by atoms with Crippen molar-refractivity contribution in [1.29, 1.82) is 0 Å². The highest BCUT2D eigenvalue weighted by atomic mass is 16.2. The Hall–Kier alpha value is -1.84. The first kappa shape index (κ1) is 13.6. The van der Waals surface area contributed by atoms with Crippen molar-refractivity contribution in [3.63, 3.8) is 0 Å². The molecule has 0 aromatic heterocycles. The zero-order valence-electron chi connectivity index (χ0n) is 11.3. The molecule has 1 aromatic carbocycles. The Morgan fingerprint density at radius 1 is 1.37 bits per heavy atom. The van der Waals surface area contributed by atoms with E-state index >= 15 is 0 Å². The van der Waals surface area contributed by atoms with Crippen LogP contribution < -0.4 is 5.32 Å². The van der Waals surface area contributed by atoms with Gasteiger partial charge in [-0.2, -0.15) is 0 Å². The van der Waals surface area contributed by atoms with Crippen molar-refractivity contribution in [2.24, 2.45) is 5.92 Å². The van der Waals surface area contributed by atoms with Crippen LogP contribution in [0.1, 0.15) is 18.4 Å². The van der Waals surface area contributed by atoms with Crippen molar-refractivity contribution in [2.45, 2.75) is 19.3 Å². The molecule has 1 unspecified atom stereocenters. The molecule has 1 aliphatic rings. The van der Waals surface area contributed by atoms with Gasteiger partial charge in [-0.15, -0.1) is 0 Å². The average Bonchev–Trinajstić information content (AvgIpc) is 2.85. The van der Waals surface area contributed by atoms with Crippen LogP contribution >= 0.6 is 0 Å². The lowest BCUT2D eigenvalue weighted by Crippen LogP contribution is -2.34. The second-order valence-corrected chi connectivity index (χ2v) is 5.05. The quantitative estimate of drug-likeness (QED) is 0.865. The first-order valence-corrected chi connectivity index (χ1v) is 6.72. The predicted octanol–water partition coefficient (Wildman–Crippen LogP) is 1.21. The highest BCUT2D eigenvalue weighted by molar-refractivity contribution is 5.89. The van der Waals surface area contributed by atoms with Crippen molar-refractivity contribution in [2.75, 3.05) is 20.1 Å². The van der Waals surface area contributed by atoms with Gasteiger partial charge in [0.2, 0.25) is 11.8 Å². The summed E-state index contributed by atoms with van der Waals surface area (Å²) in [5.41, 5.74) is 1.29. The fraction of sp³-hybridized carbons (Fsp3) is 0.467. The molecule has 2 amide bonds. The van der Waals surface area contributed by atoms with E-state index in [0.29, 0.717) is 13.0 Å². The Bertz CT molecular complexity index is 445. The summed E-state index contributed by atoms with van der Waals surface area (Å²) in [5, 5.41) is 2.70. The molecule has 1 heterocycles. The van der Waals surface area contributed by atoms with Gasteiger partial charge in [-0.3, -0.25) is 9.59 Å². The number of hydrogen-bond acceptors (Lipinski definition) is 2. The van der Waals surface area contributed by atoms with Crippen molar-refractivity contribution >= 4 is 11.8 Å². The van der Waals surface area contributed by atoms with Gasteiger partial charge >= 0.3 is 0 Å². The molecule has 1 atom stereocenters. The van der Waals surface area contributed by atoms with Gasteiger partial charge in [0.25, 0.3) is 0 Å². The van der Waals surface area contributed by atoms with Crippen molar-refractivity contribution in [1.82, 2.24) is 10.2 Å². The fourth-order valence-corrected chi connectivity index (χ4v) is 2.37. The lowest BCUT2D eigenvalue weighted by molar-refractivity contribution is -0.134. The fourth-order valence-electron chi connectivity index (χ4n) is 2.37. The molecule has 0 radical (unpaired) electrons. The Morgan fingerprint density at radius 2 is 2.11 bits per heavy atom. The van der Waals surface area contributed by atoms with E-state index in [1.807, 2.05) is 25.2 Å². The van der Waals surface area contributed by atoms with E-state index in [0.717, 1.165) is 19.4 Å². The average molecular weight is 260 g/mol. The van der Waals surface area contributed by atoms with Crippen LogP contribution in [0, 0.1) is 5.92 Å². The molecule has 1 fully saturated rings. The van der Waals surface area contributed by atoms with E-state index in [9.17, 15) is 9.59 Å². The normalized spacial score (nSPS) is 18.2. The third-order valence-electron chi connectivity index (χ3n) is 3.50. The molecule has 1 N–H and O–H groups in total. The van der Waals surface area contributed by atoms with Crippen LogP contribution in [0.25, 0.3) is 0 Å². The van der Waals surface area contributed by atoms with Gasteiger partial charge in [-0.25, -0.2) is 0 Å². The molecular weight excluding hydrogens is 240 g/mol. The highest BCUT2D eigenvalue weighted by Gasteiger charge is 2.29. The molecular formula is C15H20N2O2.